The highest BCUT2D eigenvalue weighted by molar-refractivity contribution is 7.15. The summed E-state index contributed by atoms with van der Waals surface area (Å²) in [6.45, 7) is 0.541. The van der Waals surface area contributed by atoms with E-state index in [1.165, 1.54) is 23.5 Å². The molecule has 2 heterocycles. The summed E-state index contributed by atoms with van der Waals surface area (Å²) in [5.41, 5.74) is 1.76. The van der Waals surface area contributed by atoms with Crippen LogP contribution in [0, 0.1) is 5.82 Å². The molecule has 0 radical (unpaired) electrons. The van der Waals surface area contributed by atoms with Crippen molar-refractivity contribution in [3.05, 3.63) is 52.9 Å². The second kappa shape index (κ2) is 5.22. The summed E-state index contributed by atoms with van der Waals surface area (Å²) >= 11 is 1.53. The van der Waals surface area contributed by atoms with Crippen molar-refractivity contribution >= 4 is 22.1 Å². The summed E-state index contributed by atoms with van der Waals surface area (Å²) in [6.07, 6.45) is 1.90. The van der Waals surface area contributed by atoms with Crippen LogP contribution in [-0.4, -0.2) is 21.5 Å². The summed E-state index contributed by atoms with van der Waals surface area (Å²) in [6, 6.07) is 6.40. The molecule has 0 aliphatic rings. The Balaban J connectivity index is 1.89. The molecule has 0 unspecified atom stereocenters. The van der Waals surface area contributed by atoms with Crippen molar-refractivity contribution in [3.63, 3.8) is 0 Å². The molecular formula is C14H14FN3OS. The molecule has 0 atom stereocenters. The number of anilines is 1. The average Bonchev–Trinajstić information content (AvgIpc) is 3.01. The first-order valence-corrected chi connectivity index (χ1v) is 7.08. The van der Waals surface area contributed by atoms with E-state index in [0.29, 0.717) is 6.54 Å². The quantitative estimate of drug-likeness (QED) is 0.803. The predicted molar refractivity (Wildman–Crippen MR) is 77.5 cm³/mol. The summed E-state index contributed by atoms with van der Waals surface area (Å²) in [5, 5.41) is 11.5. The number of halogens is 1. The van der Waals surface area contributed by atoms with Gasteiger partial charge in [0.05, 0.1) is 12.3 Å². The number of aromatic nitrogens is 2. The van der Waals surface area contributed by atoms with Crippen molar-refractivity contribution in [3.8, 4) is 0 Å². The largest absolute Gasteiger partial charge is 0.390 e. The minimum atomic E-state index is -0.241. The van der Waals surface area contributed by atoms with Gasteiger partial charge in [0.25, 0.3) is 0 Å². The first kappa shape index (κ1) is 13.1. The maximum atomic E-state index is 12.9. The van der Waals surface area contributed by atoms with Gasteiger partial charge in [0.15, 0.2) is 10.8 Å². The Labute approximate surface area is 119 Å². The van der Waals surface area contributed by atoms with Gasteiger partial charge in [-0.25, -0.2) is 9.37 Å². The lowest BCUT2D eigenvalue weighted by atomic mass is 10.2. The van der Waals surface area contributed by atoms with E-state index in [0.717, 1.165) is 22.0 Å². The van der Waals surface area contributed by atoms with Crippen molar-refractivity contribution in [2.45, 2.75) is 13.2 Å². The Bertz CT molecular complexity index is 720. The van der Waals surface area contributed by atoms with Crippen LogP contribution in [0.15, 0.2) is 35.8 Å². The maximum absolute atomic E-state index is 12.9. The van der Waals surface area contributed by atoms with Gasteiger partial charge in [-0.15, -0.1) is 11.3 Å². The highest BCUT2D eigenvalue weighted by Crippen LogP contribution is 2.25. The van der Waals surface area contributed by atoms with Gasteiger partial charge in [-0.3, -0.25) is 4.40 Å². The number of hydrogen-bond donors (Lipinski definition) is 1. The second-order valence-electron chi connectivity index (χ2n) is 4.58. The number of benzene rings is 1. The Morgan fingerprint density at radius 2 is 2.10 bits per heavy atom. The third-order valence-electron chi connectivity index (χ3n) is 3.18. The molecule has 3 aromatic rings. The molecule has 2 aromatic heterocycles. The number of thiazole rings is 1. The lowest BCUT2D eigenvalue weighted by molar-refractivity contribution is 0.276. The van der Waals surface area contributed by atoms with Gasteiger partial charge in [0.2, 0.25) is 0 Å². The third-order valence-corrected chi connectivity index (χ3v) is 3.94. The van der Waals surface area contributed by atoms with Gasteiger partial charge in [0, 0.05) is 25.2 Å². The van der Waals surface area contributed by atoms with Gasteiger partial charge in [-0.2, -0.15) is 0 Å². The number of nitrogens with zero attached hydrogens (tertiary/aromatic N) is 3. The van der Waals surface area contributed by atoms with E-state index in [9.17, 15) is 9.50 Å². The number of aliphatic hydroxyl groups excluding tert-OH is 1. The van der Waals surface area contributed by atoms with Crippen LogP contribution in [0.4, 0.5) is 10.2 Å². The first-order valence-electron chi connectivity index (χ1n) is 6.20. The molecule has 3 rings (SSSR count). The van der Waals surface area contributed by atoms with Crippen molar-refractivity contribution in [1.29, 1.82) is 0 Å². The van der Waals surface area contributed by atoms with Crippen LogP contribution in [0.25, 0.3) is 4.96 Å². The number of hydrogen-bond acceptors (Lipinski definition) is 4. The molecule has 0 aliphatic heterocycles. The number of aliphatic hydroxyl groups is 1. The topological polar surface area (TPSA) is 40.8 Å². The fourth-order valence-electron chi connectivity index (χ4n) is 2.21. The van der Waals surface area contributed by atoms with Crippen LogP contribution in [0.5, 0.6) is 0 Å². The average molecular weight is 291 g/mol. The molecule has 0 saturated carbocycles. The van der Waals surface area contributed by atoms with Crippen LogP contribution in [0.3, 0.4) is 0 Å². The minimum Gasteiger partial charge on any atom is -0.390 e. The lowest BCUT2D eigenvalue weighted by Gasteiger charge is -2.18. The highest BCUT2D eigenvalue weighted by atomic mass is 32.1. The molecule has 6 heteroatoms. The molecule has 20 heavy (non-hydrogen) atoms. The summed E-state index contributed by atoms with van der Waals surface area (Å²) < 4.78 is 14.8. The van der Waals surface area contributed by atoms with E-state index >= 15 is 0 Å². The number of fused-ring (bicyclic) bond motifs is 1. The Kier molecular flexibility index (Phi) is 3.42. The van der Waals surface area contributed by atoms with Crippen molar-refractivity contribution in [1.82, 2.24) is 9.38 Å². The van der Waals surface area contributed by atoms with Crippen LogP contribution >= 0.6 is 11.3 Å². The van der Waals surface area contributed by atoms with E-state index in [1.54, 1.807) is 12.1 Å². The zero-order chi connectivity index (χ0) is 14.1. The Hall–Kier alpha value is -1.92. The summed E-state index contributed by atoms with van der Waals surface area (Å²) in [4.78, 5) is 7.34. The van der Waals surface area contributed by atoms with Gasteiger partial charge in [-0.1, -0.05) is 12.1 Å². The van der Waals surface area contributed by atoms with Crippen LogP contribution in [0.2, 0.25) is 0 Å². The van der Waals surface area contributed by atoms with E-state index in [4.69, 9.17) is 0 Å². The fourth-order valence-corrected chi connectivity index (χ4v) is 2.94. The van der Waals surface area contributed by atoms with E-state index in [-0.39, 0.29) is 12.4 Å². The van der Waals surface area contributed by atoms with Gasteiger partial charge in [-0.05, 0) is 17.7 Å². The first-order chi connectivity index (χ1) is 9.69. The molecule has 1 N–H and O–H groups in total. The predicted octanol–water partition coefficient (Wildman–Crippen LogP) is 2.66. The molecule has 0 aliphatic carbocycles. The van der Waals surface area contributed by atoms with Crippen molar-refractivity contribution in [2.24, 2.45) is 0 Å². The zero-order valence-electron chi connectivity index (χ0n) is 11.0. The fraction of sp³-hybridized carbons (Fsp3) is 0.214. The molecule has 4 nitrogen and oxygen atoms in total. The highest BCUT2D eigenvalue weighted by Gasteiger charge is 2.16. The van der Waals surface area contributed by atoms with Crippen molar-refractivity contribution in [2.75, 3.05) is 11.9 Å². The number of rotatable bonds is 4. The molecule has 104 valence electrons. The minimum absolute atomic E-state index is 0.0685. The van der Waals surface area contributed by atoms with Crippen molar-refractivity contribution < 1.29 is 9.50 Å². The zero-order valence-corrected chi connectivity index (χ0v) is 11.8. The van der Waals surface area contributed by atoms with Gasteiger partial charge in [0.1, 0.15) is 5.82 Å². The van der Waals surface area contributed by atoms with Gasteiger partial charge < -0.3 is 10.0 Å². The molecule has 0 amide bonds. The van der Waals surface area contributed by atoms with Gasteiger partial charge >= 0.3 is 0 Å². The third kappa shape index (κ3) is 2.28. The summed E-state index contributed by atoms with van der Waals surface area (Å²) in [5.74, 6) is 0.513. The molecule has 1 aromatic carbocycles. The summed E-state index contributed by atoms with van der Waals surface area (Å²) in [7, 11) is 1.91. The van der Waals surface area contributed by atoms with E-state index in [1.807, 2.05) is 27.9 Å². The smallest absolute Gasteiger partial charge is 0.195 e. The van der Waals surface area contributed by atoms with E-state index < -0.39 is 0 Å². The lowest BCUT2D eigenvalue weighted by Crippen LogP contribution is -2.18. The SMILES string of the molecule is CN(Cc1ccc(F)cc1)c1nc2sccn2c1CO. The molecule has 0 bridgehead atoms. The molecule has 0 fully saturated rings. The monoisotopic (exact) mass is 291 g/mol. The Morgan fingerprint density at radius 3 is 2.80 bits per heavy atom. The standard InChI is InChI=1S/C14H14FN3OS/c1-17(8-10-2-4-11(15)5-3-10)13-12(9-19)18-6-7-20-14(18)16-13/h2-7,19H,8-9H2,1H3. The van der Waals surface area contributed by atoms with Crippen LogP contribution in [0.1, 0.15) is 11.3 Å². The second-order valence-corrected chi connectivity index (χ2v) is 5.45. The number of imidazole rings is 1. The normalized spacial score (nSPS) is 11.2. The van der Waals surface area contributed by atoms with Crippen LogP contribution in [-0.2, 0) is 13.2 Å². The van der Waals surface area contributed by atoms with Crippen LogP contribution < -0.4 is 4.90 Å². The molecular weight excluding hydrogens is 277 g/mol. The maximum Gasteiger partial charge on any atom is 0.195 e. The Morgan fingerprint density at radius 1 is 1.35 bits per heavy atom. The molecule has 0 saturated heterocycles. The van der Waals surface area contributed by atoms with E-state index in [2.05, 4.69) is 4.98 Å². The molecule has 0 spiro atoms.